The summed E-state index contributed by atoms with van der Waals surface area (Å²) in [7, 11) is 0. The lowest BCUT2D eigenvalue weighted by atomic mass is 10.1. The first kappa shape index (κ1) is 15.1. The second-order valence-electron chi connectivity index (χ2n) is 5.37. The molecule has 0 aliphatic carbocycles. The van der Waals surface area contributed by atoms with E-state index in [1.807, 2.05) is 51.7 Å². The average Bonchev–Trinajstić information content (AvgIpc) is 3.31. The van der Waals surface area contributed by atoms with Gasteiger partial charge in [-0.3, -0.25) is 9.20 Å². The van der Waals surface area contributed by atoms with Crippen LogP contribution in [0.15, 0.2) is 59.4 Å². The molecule has 0 aliphatic rings. The molecule has 1 amide bonds. The number of thiazole rings is 1. The first-order valence-corrected chi connectivity index (χ1v) is 9.40. The maximum absolute atomic E-state index is 12.5. The van der Waals surface area contributed by atoms with Gasteiger partial charge < -0.3 is 5.32 Å². The molecular formula is C18H15N3OS2. The van der Waals surface area contributed by atoms with Crippen LogP contribution in [0.3, 0.4) is 0 Å². The van der Waals surface area contributed by atoms with Crippen LogP contribution < -0.4 is 5.32 Å². The smallest absolute Gasteiger partial charge is 0.269 e. The molecular weight excluding hydrogens is 338 g/mol. The Morgan fingerprint density at radius 1 is 1.12 bits per heavy atom. The number of hydrogen-bond donors (Lipinski definition) is 1. The van der Waals surface area contributed by atoms with Crippen molar-refractivity contribution in [2.45, 2.75) is 6.42 Å². The van der Waals surface area contributed by atoms with Crippen molar-refractivity contribution in [1.82, 2.24) is 14.7 Å². The van der Waals surface area contributed by atoms with E-state index in [0.29, 0.717) is 12.2 Å². The van der Waals surface area contributed by atoms with Gasteiger partial charge in [-0.1, -0.05) is 36.4 Å². The van der Waals surface area contributed by atoms with Crippen molar-refractivity contribution < 1.29 is 4.79 Å². The fourth-order valence-electron chi connectivity index (χ4n) is 2.55. The molecule has 4 rings (SSSR count). The van der Waals surface area contributed by atoms with Gasteiger partial charge in [0, 0.05) is 18.1 Å². The number of nitrogens with zero attached hydrogens (tertiary/aromatic N) is 2. The highest BCUT2D eigenvalue weighted by atomic mass is 32.1. The molecule has 6 heteroatoms. The molecule has 1 N–H and O–H groups in total. The molecule has 4 nitrogen and oxygen atoms in total. The summed E-state index contributed by atoms with van der Waals surface area (Å²) in [4.78, 5) is 19.0. The fourth-order valence-corrected chi connectivity index (χ4v) is 4.08. The molecule has 0 bridgehead atoms. The van der Waals surface area contributed by atoms with E-state index in [1.54, 1.807) is 11.3 Å². The van der Waals surface area contributed by atoms with Crippen LogP contribution in [0.2, 0.25) is 0 Å². The highest BCUT2D eigenvalue weighted by Crippen LogP contribution is 2.26. The van der Waals surface area contributed by atoms with Gasteiger partial charge in [0.1, 0.15) is 11.4 Å². The highest BCUT2D eigenvalue weighted by molar-refractivity contribution is 7.15. The number of carbonyl (C=O) groups is 1. The molecule has 0 radical (unpaired) electrons. The zero-order chi connectivity index (χ0) is 16.4. The SMILES string of the molecule is O=C(NCCc1ccccc1)c1csc2nc(-c3cccs3)cn12. The first-order valence-electron chi connectivity index (χ1n) is 7.64. The fraction of sp³-hybridized carbons (Fsp3) is 0.111. The third-order valence-corrected chi connectivity index (χ3v) is 5.49. The Balaban J connectivity index is 1.48. The number of amides is 1. The van der Waals surface area contributed by atoms with E-state index in [-0.39, 0.29) is 5.91 Å². The van der Waals surface area contributed by atoms with E-state index in [9.17, 15) is 4.79 Å². The van der Waals surface area contributed by atoms with E-state index in [4.69, 9.17) is 0 Å². The molecule has 4 aromatic rings. The van der Waals surface area contributed by atoms with Crippen LogP contribution in [0.4, 0.5) is 0 Å². The number of hydrogen-bond acceptors (Lipinski definition) is 4. The Morgan fingerprint density at radius 2 is 2.00 bits per heavy atom. The van der Waals surface area contributed by atoms with Crippen LogP contribution in [-0.2, 0) is 6.42 Å². The van der Waals surface area contributed by atoms with Crippen molar-refractivity contribution >= 4 is 33.5 Å². The summed E-state index contributed by atoms with van der Waals surface area (Å²) < 4.78 is 1.87. The highest BCUT2D eigenvalue weighted by Gasteiger charge is 2.15. The molecule has 0 unspecified atom stereocenters. The molecule has 0 saturated heterocycles. The van der Waals surface area contributed by atoms with Gasteiger partial charge >= 0.3 is 0 Å². The van der Waals surface area contributed by atoms with Crippen LogP contribution >= 0.6 is 22.7 Å². The molecule has 0 saturated carbocycles. The van der Waals surface area contributed by atoms with E-state index >= 15 is 0 Å². The van der Waals surface area contributed by atoms with Gasteiger partial charge in [-0.05, 0) is 23.4 Å². The zero-order valence-corrected chi connectivity index (χ0v) is 14.4. The van der Waals surface area contributed by atoms with Gasteiger partial charge in [0.15, 0.2) is 4.96 Å². The largest absolute Gasteiger partial charge is 0.350 e. The van der Waals surface area contributed by atoms with Crippen molar-refractivity contribution in [3.8, 4) is 10.6 Å². The Morgan fingerprint density at radius 3 is 2.79 bits per heavy atom. The second-order valence-corrected chi connectivity index (χ2v) is 7.15. The predicted octanol–water partition coefficient (Wildman–Crippen LogP) is 4.10. The summed E-state index contributed by atoms with van der Waals surface area (Å²) in [6.45, 7) is 0.618. The van der Waals surface area contributed by atoms with Crippen molar-refractivity contribution in [3.05, 3.63) is 70.7 Å². The first-order chi connectivity index (χ1) is 11.8. The molecule has 3 heterocycles. The third-order valence-electron chi connectivity index (χ3n) is 3.76. The van der Waals surface area contributed by atoms with Crippen molar-refractivity contribution in [2.75, 3.05) is 6.54 Å². The molecule has 0 spiro atoms. The lowest BCUT2D eigenvalue weighted by Crippen LogP contribution is -2.26. The molecule has 0 aliphatic heterocycles. The molecule has 3 aromatic heterocycles. The summed E-state index contributed by atoms with van der Waals surface area (Å²) in [5.74, 6) is -0.0627. The Kier molecular flexibility index (Phi) is 4.15. The van der Waals surface area contributed by atoms with Crippen LogP contribution in [0.1, 0.15) is 16.1 Å². The molecule has 0 atom stereocenters. The normalized spacial score (nSPS) is 11.0. The van der Waals surface area contributed by atoms with E-state index in [1.165, 1.54) is 16.9 Å². The van der Waals surface area contributed by atoms with Crippen molar-refractivity contribution in [3.63, 3.8) is 0 Å². The molecule has 120 valence electrons. The minimum absolute atomic E-state index is 0.0627. The second kappa shape index (κ2) is 6.59. The number of fused-ring (bicyclic) bond motifs is 1. The number of thiophene rings is 1. The van der Waals surface area contributed by atoms with E-state index in [2.05, 4.69) is 22.4 Å². The summed E-state index contributed by atoms with van der Waals surface area (Å²) in [6, 6.07) is 14.2. The van der Waals surface area contributed by atoms with Crippen molar-refractivity contribution in [2.24, 2.45) is 0 Å². The third kappa shape index (κ3) is 2.98. The summed E-state index contributed by atoms with van der Waals surface area (Å²) in [5.41, 5.74) is 2.77. The predicted molar refractivity (Wildman–Crippen MR) is 98.9 cm³/mol. The van der Waals surface area contributed by atoms with Crippen molar-refractivity contribution in [1.29, 1.82) is 0 Å². The number of benzene rings is 1. The summed E-state index contributed by atoms with van der Waals surface area (Å²) in [5, 5.41) is 6.88. The van der Waals surface area contributed by atoms with Crippen LogP contribution in [-0.4, -0.2) is 21.8 Å². The average molecular weight is 353 g/mol. The van der Waals surface area contributed by atoms with Crippen LogP contribution in [0.25, 0.3) is 15.5 Å². The molecule has 24 heavy (non-hydrogen) atoms. The number of nitrogens with one attached hydrogen (secondary N) is 1. The number of rotatable bonds is 5. The lowest BCUT2D eigenvalue weighted by molar-refractivity contribution is 0.0948. The maximum Gasteiger partial charge on any atom is 0.269 e. The summed E-state index contributed by atoms with van der Waals surface area (Å²) in [6.07, 6.45) is 2.76. The Bertz CT molecular complexity index is 955. The van der Waals surface area contributed by atoms with E-state index < -0.39 is 0 Å². The van der Waals surface area contributed by atoms with Gasteiger partial charge in [0.2, 0.25) is 0 Å². The Labute approximate surface area is 147 Å². The minimum atomic E-state index is -0.0627. The quantitative estimate of drug-likeness (QED) is 0.587. The molecule has 0 fully saturated rings. The van der Waals surface area contributed by atoms with Gasteiger partial charge in [-0.2, -0.15) is 0 Å². The minimum Gasteiger partial charge on any atom is -0.350 e. The molecule has 1 aromatic carbocycles. The van der Waals surface area contributed by atoms with Gasteiger partial charge in [-0.25, -0.2) is 4.98 Å². The maximum atomic E-state index is 12.5. The zero-order valence-electron chi connectivity index (χ0n) is 12.8. The number of aromatic nitrogens is 2. The van der Waals surface area contributed by atoms with E-state index in [0.717, 1.165) is 22.0 Å². The number of imidazole rings is 1. The lowest BCUT2D eigenvalue weighted by Gasteiger charge is -2.04. The van der Waals surface area contributed by atoms with Gasteiger partial charge in [-0.15, -0.1) is 22.7 Å². The van der Waals surface area contributed by atoms with Crippen LogP contribution in [0, 0.1) is 0 Å². The standard InChI is InChI=1S/C18H15N3OS2/c22-17(19-9-8-13-5-2-1-3-6-13)15-12-24-18-20-14(11-21(15)18)16-7-4-10-23-16/h1-7,10-12H,8-9H2,(H,19,22). The summed E-state index contributed by atoms with van der Waals surface area (Å²) >= 11 is 3.13. The van der Waals surface area contributed by atoms with Gasteiger partial charge in [0.05, 0.1) is 4.88 Å². The van der Waals surface area contributed by atoms with Crippen LogP contribution in [0.5, 0.6) is 0 Å². The Hall–Kier alpha value is -2.44. The number of carbonyl (C=O) groups excluding carboxylic acids is 1. The topological polar surface area (TPSA) is 46.4 Å². The monoisotopic (exact) mass is 353 g/mol. The van der Waals surface area contributed by atoms with Gasteiger partial charge in [0.25, 0.3) is 5.91 Å².